The Balaban J connectivity index is 2.17. The molecule has 0 radical (unpaired) electrons. The highest BCUT2D eigenvalue weighted by molar-refractivity contribution is 6.46. The van der Waals surface area contributed by atoms with Gasteiger partial charge in [0.2, 0.25) is 0 Å². The first-order chi connectivity index (χ1) is 15.4. The first-order valence-corrected chi connectivity index (χ1v) is 10.7. The average Bonchev–Trinajstić information content (AvgIpc) is 3.04. The van der Waals surface area contributed by atoms with Gasteiger partial charge in [-0.3, -0.25) is 9.59 Å². The van der Waals surface area contributed by atoms with Crippen LogP contribution in [0.15, 0.2) is 48.0 Å². The zero-order valence-corrected chi connectivity index (χ0v) is 18.9. The Morgan fingerprint density at radius 1 is 1.00 bits per heavy atom. The molecule has 2 aromatic carbocycles. The Labute approximate surface area is 188 Å². The molecule has 1 saturated heterocycles. The number of benzene rings is 2. The first-order valence-electron chi connectivity index (χ1n) is 10.7. The number of amides is 1. The lowest BCUT2D eigenvalue weighted by Crippen LogP contribution is -2.32. The highest BCUT2D eigenvalue weighted by atomic mass is 16.5. The fourth-order valence-electron chi connectivity index (χ4n) is 3.75. The molecule has 1 aliphatic rings. The van der Waals surface area contributed by atoms with E-state index in [1.54, 1.807) is 30.3 Å². The predicted octanol–water partition coefficient (Wildman–Crippen LogP) is 3.86. The van der Waals surface area contributed by atoms with Crippen LogP contribution in [0, 0.1) is 6.92 Å². The zero-order chi connectivity index (χ0) is 23.3. The van der Waals surface area contributed by atoms with E-state index in [0.29, 0.717) is 35.8 Å². The Morgan fingerprint density at radius 3 is 2.28 bits per heavy atom. The van der Waals surface area contributed by atoms with Gasteiger partial charge in [0, 0.05) is 19.2 Å². The van der Waals surface area contributed by atoms with E-state index in [9.17, 15) is 14.7 Å². The van der Waals surface area contributed by atoms with Crippen molar-refractivity contribution in [2.24, 2.45) is 0 Å². The van der Waals surface area contributed by atoms with Crippen LogP contribution in [0.25, 0.3) is 5.76 Å². The Hall–Kier alpha value is -3.32. The number of likely N-dealkylation sites (tertiary alicyclic amines) is 1. The molecule has 1 heterocycles. The molecule has 1 aliphatic heterocycles. The van der Waals surface area contributed by atoms with Crippen LogP contribution < -0.4 is 9.47 Å². The van der Waals surface area contributed by atoms with E-state index in [0.717, 1.165) is 5.56 Å². The summed E-state index contributed by atoms with van der Waals surface area (Å²) in [7, 11) is 1.53. The summed E-state index contributed by atoms with van der Waals surface area (Å²) in [6.07, 6.45) is 0. The molecule has 0 aromatic heterocycles. The Bertz CT molecular complexity index is 1010. The number of hydrogen-bond donors (Lipinski definition) is 1. The SMILES string of the molecule is CCOc1ccc(C2C(=C(O)c3ccc(C)cc3)C(=O)C(=O)N2CCOC)cc1OCC. The van der Waals surface area contributed by atoms with Crippen LogP contribution in [0.3, 0.4) is 0 Å². The number of aliphatic hydroxyl groups excluding tert-OH is 1. The van der Waals surface area contributed by atoms with E-state index in [2.05, 4.69) is 0 Å². The van der Waals surface area contributed by atoms with Crippen LogP contribution in [0.5, 0.6) is 11.5 Å². The highest BCUT2D eigenvalue weighted by Crippen LogP contribution is 2.42. The van der Waals surface area contributed by atoms with Crippen molar-refractivity contribution in [3.63, 3.8) is 0 Å². The van der Waals surface area contributed by atoms with E-state index in [1.165, 1.54) is 12.0 Å². The molecule has 32 heavy (non-hydrogen) atoms. The van der Waals surface area contributed by atoms with Gasteiger partial charge in [0.1, 0.15) is 5.76 Å². The number of aliphatic hydroxyl groups is 1. The van der Waals surface area contributed by atoms with E-state index in [1.807, 2.05) is 32.9 Å². The van der Waals surface area contributed by atoms with Crippen molar-refractivity contribution in [1.29, 1.82) is 0 Å². The van der Waals surface area contributed by atoms with Gasteiger partial charge in [-0.2, -0.15) is 0 Å². The van der Waals surface area contributed by atoms with Gasteiger partial charge in [-0.1, -0.05) is 35.9 Å². The van der Waals surface area contributed by atoms with Crippen LogP contribution in [0.1, 0.15) is 36.6 Å². The number of aryl methyl sites for hydroxylation is 1. The number of hydrogen-bond acceptors (Lipinski definition) is 6. The largest absolute Gasteiger partial charge is 0.507 e. The van der Waals surface area contributed by atoms with Gasteiger partial charge >= 0.3 is 0 Å². The number of rotatable bonds is 9. The summed E-state index contributed by atoms with van der Waals surface area (Å²) < 4.78 is 16.5. The fourth-order valence-corrected chi connectivity index (χ4v) is 3.75. The lowest BCUT2D eigenvalue weighted by atomic mass is 9.94. The van der Waals surface area contributed by atoms with Crippen molar-refractivity contribution in [2.75, 3.05) is 33.5 Å². The Morgan fingerprint density at radius 2 is 1.66 bits per heavy atom. The number of methoxy groups -OCH3 is 1. The quantitative estimate of drug-likeness (QED) is 0.363. The summed E-state index contributed by atoms with van der Waals surface area (Å²) in [5, 5.41) is 11.1. The molecule has 1 atom stereocenters. The second-order valence-corrected chi connectivity index (χ2v) is 7.42. The maximum absolute atomic E-state index is 13.0. The third kappa shape index (κ3) is 4.62. The summed E-state index contributed by atoms with van der Waals surface area (Å²) in [5.41, 5.74) is 2.18. The van der Waals surface area contributed by atoms with Crippen LogP contribution in [0.4, 0.5) is 0 Å². The normalized spacial score (nSPS) is 17.6. The van der Waals surface area contributed by atoms with E-state index in [4.69, 9.17) is 14.2 Å². The number of ether oxygens (including phenoxy) is 3. The molecule has 0 bridgehead atoms. The summed E-state index contributed by atoms with van der Waals surface area (Å²) in [6, 6.07) is 11.7. The van der Waals surface area contributed by atoms with Crippen molar-refractivity contribution in [3.05, 3.63) is 64.7 Å². The topological polar surface area (TPSA) is 85.3 Å². The first kappa shape index (κ1) is 23.3. The van der Waals surface area contributed by atoms with Gasteiger partial charge in [-0.05, 0) is 38.5 Å². The van der Waals surface area contributed by atoms with Gasteiger partial charge in [0.25, 0.3) is 11.7 Å². The van der Waals surface area contributed by atoms with Gasteiger partial charge < -0.3 is 24.2 Å². The smallest absolute Gasteiger partial charge is 0.295 e. The van der Waals surface area contributed by atoms with Crippen LogP contribution >= 0.6 is 0 Å². The predicted molar refractivity (Wildman–Crippen MR) is 121 cm³/mol. The third-order valence-electron chi connectivity index (χ3n) is 5.28. The molecule has 170 valence electrons. The number of carbonyl (C=O) groups is 2. The maximum Gasteiger partial charge on any atom is 0.295 e. The highest BCUT2D eigenvalue weighted by Gasteiger charge is 2.46. The maximum atomic E-state index is 13.0. The average molecular weight is 440 g/mol. The minimum Gasteiger partial charge on any atom is -0.507 e. The number of nitrogens with zero attached hydrogens (tertiary/aromatic N) is 1. The monoisotopic (exact) mass is 439 g/mol. The molecule has 2 aromatic rings. The van der Waals surface area contributed by atoms with E-state index in [-0.39, 0.29) is 24.5 Å². The van der Waals surface area contributed by atoms with E-state index < -0.39 is 17.7 Å². The molecule has 1 unspecified atom stereocenters. The minimum atomic E-state index is -0.777. The number of carbonyl (C=O) groups excluding carboxylic acids is 2. The second kappa shape index (κ2) is 10.3. The van der Waals surface area contributed by atoms with Crippen molar-refractivity contribution >= 4 is 17.4 Å². The lowest BCUT2D eigenvalue weighted by molar-refractivity contribution is -0.140. The summed E-state index contributed by atoms with van der Waals surface area (Å²) in [6.45, 7) is 7.03. The molecule has 0 aliphatic carbocycles. The van der Waals surface area contributed by atoms with Crippen molar-refractivity contribution < 1.29 is 28.9 Å². The van der Waals surface area contributed by atoms with Crippen LogP contribution in [0.2, 0.25) is 0 Å². The molecule has 1 fully saturated rings. The summed E-state index contributed by atoms with van der Waals surface area (Å²) >= 11 is 0. The molecule has 0 saturated carbocycles. The van der Waals surface area contributed by atoms with Gasteiger partial charge in [0.05, 0.1) is 31.4 Å². The van der Waals surface area contributed by atoms with Crippen molar-refractivity contribution in [2.45, 2.75) is 26.8 Å². The lowest BCUT2D eigenvalue weighted by Gasteiger charge is -2.26. The van der Waals surface area contributed by atoms with Gasteiger partial charge in [-0.25, -0.2) is 0 Å². The number of ketones is 1. The third-order valence-corrected chi connectivity index (χ3v) is 5.28. The van der Waals surface area contributed by atoms with Crippen molar-refractivity contribution in [3.8, 4) is 11.5 Å². The van der Waals surface area contributed by atoms with E-state index >= 15 is 0 Å². The molecular formula is C25H29NO6. The van der Waals surface area contributed by atoms with Crippen LogP contribution in [-0.2, 0) is 14.3 Å². The molecule has 7 heteroatoms. The van der Waals surface area contributed by atoms with Gasteiger partial charge in [0.15, 0.2) is 11.5 Å². The minimum absolute atomic E-state index is 0.0431. The molecular weight excluding hydrogens is 410 g/mol. The molecule has 7 nitrogen and oxygen atoms in total. The Kier molecular flexibility index (Phi) is 7.53. The van der Waals surface area contributed by atoms with Crippen LogP contribution in [-0.4, -0.2) is 55.2 Å². The molecule has 0 spiro atoms. The van der Waals surface area contributed by atoms with Crippen molar-refractivity contribution in [1.82, 2.24) is 4.90 Å². The summed E-state index contributed by atoms with van der Waals surface area (Å²) in [4.78, 5) is 27.3. The summed E-state index contributed by atoms with van der Waals surface area (Å²) in [5.74, 6) is -0.520. The zero-order valence-electron chi connectivity index (χ0n) is 18.9. The standard InChI is InChI=1S/C25H29NO6/c1-5-31-19-12-11-18(15-20(19)32-6-2)22-21(23(27)17-9-7-16(3)8-10-17)24(28)25(29)26(22)13-14-30-4/h7-12,15,22,27H,5-6,13-14H2,1-4H3. The molecule has 1 amide bonds. The van der Waals surface area contributed by atoms with Gasteiger partial charge in [-0.15, -0.1) is 0 Å². The second-order valence-electron chi connectivity index (χ2n) is 7.42. The fraction of sp³-hybridized carbons (Fsp3) is 0.360. The molecule has 3 rings (SSSR count). The molecule has 1 N–H and O–H groups in total. The number of Topliss-reactive ketones (excluding diaryl/α,β-unsaturated/α-hetero) is 1.